The summed E-state index contributed by atoms with van der Waals surface area (Å²) >= 11 is 5.15. The number of ether oxygens (including phenoxy) is 4. The van der Waals surface area contributed by atoms with Crippen molar-refractivity contribution in [2.75, 3.05) is 67.0 Å². The molecule has 0 fully saturated rings. The molecule has 0 amide bonds. The second-order valence-corrected chi connectivity index (χ2v) is 3.08. The van der Waals surface area contributed by atoms with E-state index in [0.717, 1.165) is 0 Å². The molecule has 0 saturated heterocycles. The lowest BCUT2D eigenvalue weighted by Crippen LogP contribution is -2.11. The van der Waals surface area contributed by atoms with Crippen molar-refractivity contribution < 1.29 is 24.1 Å². The zero-order valence-corrected chi connectivity index (χ0v) is 11.4. The average Bonchev–Trinajstić information content (AvgIpc) is 2.36. The van der Waals surface area contributed by atoms with Crippen molar-refractivity contribution in [3.05, 3.63) is 0 Å². The Labute approximate surface area is 108 Å². The first-order chi connectivity index (χ1) is 8.33. The van der Waals surface area contributed by atoms with Crippen LogP contribution < -0.4 is 4.84 Å². The standard InChI is InChI=1S/C5H12ClNO2.C5H12O3/c1-8-4-5-9-3-2-7-6;1-7-4-5-8-3-2-6/h7H,2-5H2,1H3;6H,2-5H2,1H3. The third-order valence-corrected chi connectivity index (χ3v) is 1.63. The van der Waals surface area contributed by atoms with E-state index in [0.29, 0.717) is 46.2 Å². The summed E-state index contributed by atoms with van der Waals surface area (Å²) in [6, 6.07) is 0. The lowest BCUT2D eigenvalue weighted by Gasteiger charge is -2.00. The van der Waals surface area contributed by atoms with Crippen molar-refractivity contribution >= 4 is 11.8 Å². The van der Waals surface area contributed by atoms with Crippen molar-refractivity contribution in [2.45, 2.75) is 0 Å². The first-order valence-electron chi connectivity index (χ1n) is 5.41. The largest absolute Gasteiger partial charge is 0.394 e. The third kappa shape index (κ3) is 25.9. The Kier molecular flexibility index (Phi) is 24.3. The molecule has 0 aliphatic heterocycles. The van der Waals surface area contributed by atoms with Gasteiger partial charge in [0.2, 0.25) is 0 Å². The van der Waals surface area contributed by atoms with Gasteiger partial charge in [-0.2, -0.15) is 0 Å². The van der Waals surface area contributed by atoms with Crippen LogP contribution in [-0.2, 0) is 18.9 Å². The van der Waals surface area contributed by atoms with Crippen LogP contribution in [-0.4, -0.2) is 72.1 Å². The number of methoxy groups -OCH3 is 2. The molecule has 17 heavy (non-hydrogen) atoms. The molecule has 0 aromatic carbocycles. The van der Waals surface area contributed by atoms with Gasteiger partial charge in [0.1, 0.15) is 0 Å². The number of hydrogen-bond donors (Lipinski definition) is 2. The molecule has 0 rings (SSSR count). The van der Waals surface area contributed by atoms with Gasteiger partial charge in [0.15, 0.2) is 0 Å². The molecule has 0 aliphatic carbocycles. The van der Waals surface area contributed by atoms with Crippen LogP contribution in [0.3, 0.4) is 0 Å². The van der Waals surface area contributed by atoms with Crippen LogP contribution in [0.15, 0.2) is 0 Å². The Morgan fingerprint density at radius 1 is 0.882 bits per heavy atom. The molecule has 0 aromatic heterocycles. The van der Waals surface area contributed by atoms with Gasteiger partial charge in [0.05, 0.1) is 46.2 Å². The summed E-state index contributed by atoms with van der Waals surface area (Å²) in [5.74, 6) is 0. The Bertz CT molecular complexity index is 109. The maximum Gasteiger partial charge on any atom is 0.0701 e. The molecule has 106 valence electrons. The SMILES string of the molecule is COCCOCCNCl.COCCOCCO. The third-order valence-electron chi connectivity index (χ3n) is 1.44. The highest BCUT2D eigenvalue weighted by molar-refractivity contribution is 6.13. The van der Waals surface area contributed by atoms with Crippen LogP contribution in [0.25, 0.3) is 0 Å². The van der Waals surface area contributed by atoms with Gasteiger partial charge in [0.25, 0.3) is 0 Å². The highest BCUT2D eigenvalue weighted by atomic mass is 35.5. The molecule has 0 atom stereocenters. The van der Waals surface area contributed by atoms with E-state index in [2.05, 4.69) is 9.57 Å². The number of rotatable bonds is 11. The van der Waals surface area contributed by atoms with Crippen molar-refractivity contribution in [1.82, 2.24) is 4.84 Å². The van der Waals surface area contributed by atoms with Gasteiger partial charge in [-0.1, -0.05) is 0 Å². The fourth-order valence-corrected chi connectivity index (χ4v) is 0.741. The molecule has 7 heteroatoms. The monoisotopic (exact) mass is 273 g/mol. The highest BCUT2D eigenvalue weighted by Crippen LogP contribution is 1.74. The molecule has 0 aliphatic rings. The van der Waals surface area contributed by atoms with Crippen LogP contribution in [0.5, 0.6) is 0 Å². The smallest absolute Gasteiger partial charge is 0.0701 e. The van der Waals surface area contributed by atoms with Gasteiger partial charge in [-0.25, -0.2) is 4.84 Å². The van der Waals surface area contributed by atoms with E-state index in [4.69, 9.17) is 31.1 Å². The summed E-state index contributed by atoms with van der Waals surface area (Å²) in [5, 5.41) is 8.20. The van der Waals surface area contributed by atoms with Crippen LogP contribution in [0.1, 0.15) is 0 Å². The van der Waals surface area contributed by atoms with Gasteiger partial charge in [-0.3, -0.25) is 0 Å². The molecular weight excluding hydrogens is 250 g/mol. The predicted molar refractivity (Wildman–Crippen MR) is 66.3 cm³/mol. The maximum absolute atomic E-state index is 8.20. The van der Waals surface area contributed by atoms with E-state index < -0.39 is 0 Å². The van der Waals surface area contributed by atoms with E-state index in [-0.39, 0.29) is 6.61 Å². The average molecular weight is 274 g/mol. The number of aliphatic hydroxyl groups excluding tert-OH is 1. The molecule has 6 nitrogen and oxygen atoms in total. The van der Waals surface area contributed by atoms with E-state index >= 15 is 0 Å². The molecule has 0 spiro atoms. The molecule has 0 radical (unpaired) electrons. The molecule has 2 N–H and O–H groups in total. The Morgan fingerprint density at radius 2 is 1.41 bits per heavy atom. The molecular formula is C10H24ClNO5. The number of nitrogens with one attached hydrogen (secondary N) is 1. The predicted octanol–water partition coefficient (Wildman–Crippen LogP) is 0.0345. The molecule has 0 saturated carbocycles. The zero-order chi connectivity index (χ0) is 13.2. The quantitative estimate of drug-likeness (QED) is 0.409. The molecule has 0 bridgehead atoms. The minimum atomic E-state index is 0.0870. The number of hydrogen-bond acceptors (Lipinski definition) is 6. The summed E-state index contributed by atoms with van der Waals surface area (Å²) in [5.41, 5.74) is 0. The Balaban J connectivity index is 0. The number of halogens is 1. The number of aliphatic hydroxyl groups is 1. The van der Waals surface area contributed by atoms with Crippen LogP contribution in [0.4, 0.5) is 0 Å². The summed E-state index contributed by atoms with van der Waals surface area (Å²) < 4.78 is 19.3. The van der Waals surface area contributed by atoms with Crippen LogP contribution in [0, 0.1) is 0 Å². The van der Waals surface area contributed by atoms with E-state index in [1.165, 1.54) is 0 Å². The fraction of sp³-hybridized carbons (Fsp3) is 1.00. The van der Waals surface area contributed by atoms with Gasteiger partial charge >= 0.3 is 0 Å². The minimum absolute atomic E-state index is 0.0870. The molecule has 0 heterocycles. The van der Waals surface area contributed by atoms with Crippen LogP contribution in [0.2, 0.25) is 0 Å². The van der Waals surface area contributed by atoms with Gasteiger partial charge in [-0.05, 0) is 11.8 Å². The lowest BCUT2D eigenvalue weighted by atomic mass is 10.7. The first kappa shape index (κ1) is 19.4. The fourth-order valence-electron chi connectivity index (χ4n) is 0.664. The van der Waals surface area contributed by atoms with E-state index in [1.807, 2.05) is 0 Å². The highest BCUT2D eigenvalue weighted by Gasteiger charge is 1.84. The Hall–Kier alpha value is 0.0500. The van der Waals surface area contributed by atoms with Crippen molar-refractivity contribution in [1.29, 1.82) is 0 Å². The van der Waals surface area contributed by atoms with Crippen molar-refractivity contribution in [2.24, 2.45) is 0 Å². The topological polar surface area (TPSA) is 69.2 Å². The van der Waals surface area contributed by atoms with Gasteiger partial charge in [-0.15, -0.1) is 0 Å². The summed E-state index contributed by atoms with van der Waals surface area (Å²) in [6.07, 6.45) is 0. The molecule has 0 unspecified atom stereocenters. The van der Waals surface area contributed by atoms with Gasteiger partial charge in [0, 0.05) is 20.8 Å². The Morgan fingerprint density at radius 3 is 1.82 bits per heavy atom. The van der Waals surface area contributed by atoms with E-state index in [9.17, 15) is 0 Å². The summed E-state index contributed by atoms with van der Waals surface area (Å²) in [7, 11) is 3.26. The summed E-state index contributed by atoms with van der Waals surface area (Å²) in [4.78, 5) is 2.45. The zero-order valence-electron chi connectivity index (χ0n) is 10.6. The normalized spacial score (nSPS) is 9.88. The van der Waals surface area contributed by atoms with Gasteiger partial charge < -0.3 is 24.1 Å². The second kappa shape index (κ2) is 21.3. The molecule has 0 aromatic rings. The summed E-state index contributed by atoms with van der Waals surface area (Å²) in [6.45, 7) is 4.24. The maximum atomic E-state index is 8.20. The second-order valence-electron chi connectivity index (χ2n) is 2.82. The minimum Gasteiger partial charge on any atom is -0.394 e. The van der Waals surface area contributed by atoms with Crippen LogP contribution >= 0.6 is 11.8 Å². The van der Waals surface area contributed by atoms with Crippen molar-refractivity contribution in [3.63, 3.8) is 0 Å². The van der Waals surface area contributed by atoms with Crippen molar-refractivity contribution in [3.8, 4) is 0 Å². The van der Waals surface area contributed by atoms with E-state index in [1.54, 1.807) is 14.2 Å². The lowest BCUT2D eigenvalue weighted by molar-refractivity contribution is 0.0500. The first-order valence-corrected chi connectivity index (χ1v) is 5.79.